The molecular weight excluding hydrogens is 216 g/mol. The van der Waals surface area contributed by atoms with E-state index in [4.69, 9.17) is 0 Å². The molecule has 0 fully saturated rings. The lowest BCUT2D eigenvalue weighted by atomic mass is 10.1. The highest BCUT2D eigenvalue weighted by Crippen LogP contribution is 2.27. The third-order valence-corrected chi connectivity index (χ3v) is 4.09. The number of rotatable bonds is 5. The van der Waals surface area contributed by atoms with Crippen LogP contribution in [0.15, 0.2) is 23.1 Å². The molecule has 1 aromatic carbocycles. The molecule has 0 aromatic heterocycles. The van der Waals surface area contributed by atoms with Crippen LogP contribution in [0.1, 0.15) is 37.3 Å². The maximum atomic E-state index is 10.8. The summed E-state index contributed by atoms with van der Waals surface area (Å²) in [5.74, 6) is 1.35. The van der Waals surface area contributed by atoms with E-state index in [-0.39, 0.29) is 0 Å². The first-order valence-electron chi connectivity index (χ1n) is 6.00. The van der Waals surface area contributed by atoms with Crippen LogP contribution in [0.4, 0.5) is 0 Å². The van der Waals surface area contributed by atoms with E-state index in [0.717, 1.165) is 18.6 Å². The zero-order valence-electron chi connectivity index (χ0n) is 9.79. The van der Waals surface area contributed by atoms with Gasteiger partial charge in [0, 0.05) is 11.3 Å². The van der Waals surface area contributed by atoms with E-state index in [1.807, 2.05) is 11.8 Å². The van der Waals surface area contributed by atoms with E-state index < -0.39 is 0 Å². The minimum absolute atomic E-state index is 0.301. The Bertz CT molecular complexity index is 384. The highest BCUT2D eigenvalue weighted by atomic mass is 32.2. The number of Topliss-reactive ketones (excluding diaryl/α,β-unsaturated/α-hetero) is 1. The van der Waals surface area contributed by atoms with Gasteiger partial charge >= 0.3 is 0 Å². The van der Waals surface area contributed by atoms with Gasteiger partial charge < -0.3 is 4.79 Å². The Labute approximate surface area is 102 Å². The summed E-state index contributed by atoms with van der Waals surface area (Å²) >= 11 is 1.88. The summed E-state index contributed by atoms with van der Waals surface area (Å²) in [6.07, 6.45) is 5.53. The summed E-state index contributed by atoms with van der Waals surface area (Å²) in [5, 5.41) is 0. The van der Waals surface area contributed by atoms with Crippen molar-refractivity contribution in [1.82, 2.24) is 0 Å². The molecule has 0 amide bonds. The number of ketones is 1. The van der Waals surface area contributed by atoms with E-state index in [0.29, 0.717) is 5.78 Å². The monoisotopic (exact) mass is 234 g/mol. The van der Waals surface area contributed by atoms with Gasteiger partial charge in [-0.1, -0.05) is 6.07 Å². The first kappa shape index (κ1) is 11.7. The third kappa shape index (κ3) is 3.11. The highest BCUT2D eigenvalue weighted by molar-refractivity contribution is 7.99. The van der Waals surface area contributed by atoms with Gasteiger partial charge in [-0.25, -0.2) is 0 Å². The second-order valence-corrected chi connectivity index (χ2v) is 5.61. The summed E-state index contributed by atoms with van der Waals surface area (Å²) in [5.41, 5.74) is 3.07. The maximum Gasteiger partial charge on any atom is 0.129 e. The molecule has 0 aliphatic heterocycles. The van der Waals surface area contributed by atoms with Crippen LogP contribution in [0, 0.1) is 0 Å². The van der Waals surface area contributed by atoms with Crippen molar-refractivity contribution in [2.24, 2.45) is 0 Å². The zero-order chi connectivity index (χ0) is 11.4. The van der Waals surface area contributed by atoms with Gasteiger partial charge in [-0.05, 0) is 61.6 Å². The van der Waals surface area contributed by atoms with E-state index in [1.54, 1.807) is 6.92 Å². The van der Waals surface area contributed by atoms with Crippen molar-refractivity contribution in [2.45, 2.75) is 43.9 Å². The Morgan fingerprint density at radius 1 is 1.31 bits per heavy atom. The molecule has 0 saturated carbocycles. The van der Waals surface area contributed by atoms with Crippen LogP contribution in [0.2, 0.25) is 0 Å². The minimum Gasteiger partial charge on any atom is -0.300 e. The normalized spacial score (nSPS) is 13.8. The molecule has 1 nitrogen and oxygen atoms in total. The topological polar surface area (TPSA) is 17.1 Å². The van der Waals surface area contributed by atoms with Gasteiger partial charge in [0.2, 0.25) is 0 Å². The Hall–Kier alpha value is -0.760. The average Bonchev–Trinajstić information content (AvgIpc) is 2.71. The molecule has 0 N–H and O–H groups in total. The first-order chi connectivity index (χ1) is 7.75. The average molecular weight is 234 g/mol. The van der Waals surface area contributed by atoms with Gasteiger partial charge in [0.1, 0.15) is 5.78 Å². The largest absolute Gasteiger partial charge is 0.300 e. The molecule has 0 bridgehead atoms. The fourth-order valence-electron chi connectivity index (χ4n) is 2.15. The van der Waals surface area contributed by atoms with E-state index in [1.165, 1.54) is 35.3 Å². The summed E-state index contributed by atoms with van der Waals surface area (Å²) < 4.78 is 0. The van der Waals surface area contributed by atoms with Gasteiger partial charge in [-0.2, -0.15) is 0 Å². The summed E-state index contributed by atoms with van der Waals surface area (Å²) in [7, 11) is 0. The smallest absolute Gasteiger partial charge is 0.129 e. The maximum absolute atomic E-state index is 10.8. The molecule has 2 rings (SSSR count). The molecule has 0 spiro atoms. The van der Waals surface area contributed by atoms with Crippen molar-refractivity contribution < 1.29 is 4.79 Å². The molecule has 0 atom stereocenters. The molecule has 2 heteroatoms. The molecule has 0 unspecified atom stereocenters. The van der Waals surface area contributed by atoms with Crippen molar-refractivity contribution in [3.63, 3.8) is 0 Å². The summed E-state index contributed by atoms with van der Waals surface area (Å²) in [4.78, 5) is 12.2. The van der Waals surface area contributed by atoms with Gasteiger partial charge in [0.05, 0.1) is 0 Å². The molecular formula is C14H18OS. The number of aryl methyl sites for hydroxylation is 2. The Morgan fingerprint density at radius 3 is 2.94 bits per heavy atom. The van der Waals surface area contributed by atoms with Gasteiger partial charge in [0.15, 0.2) is 0 Å². The number of hydrogen-bond donors (Lipinski definition) is 0. The second kappa shape index (κ2) is 5.53. The molecule has 1 aliphatic rings. The fourth-order valence-corrected chi connectivity index (χ4v) is 3.06. The van der Waals surface area contributed by atoms with Gasteiger partial charge in [-0.15, -0.1) is 11.8 Å². The molecule has 0 heterocycles. The number of fused-ring (bicyclic) bond motifs is 1. The van der Waals surface area contributed by atoms with Gasteiger partial charge in [-0.3, -0.25) is 0 Å². The van der Waals surface area contributed by atoms with Crippen molar-refractivity contribution >= 4 is 17.5 Å². The van der Waals surface area contributed by atoms with Crippen LogP contribution < -0.4 is 0 Å². The lowest BCUT2D eigenvalue weighted by molar-refractivity contribution is -0.117. The lowest BCUT2D eigenvalue weighted by Gasteiger charge is -2.04. The van der Waals surface area contributed by atoms with Gasteiger partial charge in [0.25, 0.3) is 0 Å². The van der Waals surface area contributed by atoms with Crippen LogP contribution in [0.5, 0.6) is 0 Å². The van der Waals surface area contributed by atoms with Crippen molar-refractivity contribution in [3.05, 3.63) is 29.3 Å². The quantitative estimate of drug-likeness (QED) is 0.571. The first-order valence-corrected chi connectivity index (χ1v) is 6.98. The van der Waals surface area contributed by atoms with Crippen molar-refractivity contribution in [2.75, 3.05) is 5.75 Å². The summed E-state index contributed by atoms with van der Waals surface area (Å²) in [6, 6.07) is 6.83. The van der Waals surface area contributed by atoms with Crippen molar-refractivity contribution in [3.8, 4) is 0 Å². The van der Waals surface area contributed by atoms with Crippen LogP contribution in [-0.4, -0.2) is 11.5 Å². The number of thioether (sulfide) groups is 1. The van der Waals surface area contributed by atoms with E-state index >= 15 is 0 Å². The molecule has 0 saturated heterocycles. The van der Waals surface area contributed by atoms with E-state index in [2.05, 4.69) is 18.2 Å². The predicted octanol–water partition coefficient (Wildman–Crippen LogP) is 3.64. The SMILES string of the molecule is CC(=O)CCCSc1ccc2c(c1)CCC2. The van der Waals surface area contributed by atoms with Crippen LogP contribution in [-0.2, 0) is 17.6 Å². The molecule has 86 valence electrons. The van der Waals surface area contributed by atoms with Crippen LogP contribution in [0.3, 0.4) is 0 Å². The fraction of sp³-hybridized carbons (Fsp3) is 0.500. The lowest BCUT2D eigenvalue weighted by Crippen LogP contribution is -1.91. The Balaban J connectivity index is 1.83. The molecule has 1 aliphatic carbocycles. The number of benzene rings is 1. The molecule has 16 heavy (non-hydrogen) atoms. The third-order valence-electron chi connectivity index (χ3n) is 3.01. The minimum atomic E-state index is 0.301. The molecule has 0 radical (unpaired) electrons. The molecule has 1 aromatic rings. The van der Waals surface area contributed by atoms with Crippen LogP contribution >= 0.6 is 11.8 Å². The number of hydrogen-bond acceptors (Lipinski definition) is 2. The second-order valence-electron chi connectivity index (χ2n) is 4.44. The highest BCUT2D eigenvalue weighted by Gasteiger charge is 2.10. The standard InChI is InChI=1S/C14H18OS/c1-11(15)4-3-9-16-14-8-7-12-5-2-6-13(12)10-14/h7-8,10H,2-6,9H2,1H3. The predicted molar refractivity (Wildman–Crippen MR) is 69.1 cm³/mol. The Kier molecular flexibility index (Phi) is 4.05. The van der Waals surface area contributed by atoms with E-state index in [9.17, 15) is 4.79 Å². The Morgan fingerprint density at radius 2 is 2.12 bits per heavy atom. The number of carbonyl (C=O) groups excluding carboxylic acids is 1. The summed E-state index contributed by atoms with van der Waals surface area (Å²) in [6.45, 7) is 1.67. The van der Waals surface area contributed by atoms with Crippen molar-refractivity contribution in [1.29, 1.82) is 0 Å². The number of carbonyl (C=O) groups is 1. The zero-order valence-corrected chi connectivity index (χ0v) is 10.6. The van der Waals surface area contributed by atoms with Crippen LogP contribution in [0.25, 0.3) is 0 Å².